The molecule has 1 aliphatic rings. The molecule has 3 rings (SSSR count). The molecule has 0 aromatic heterocycles. The largest absolute Gasteiger partial charge is 0.591 e. The number of aliphatic hydroxyl groups is 1. The van der Waals surface area contributed by atoms with Crippen LogP contribution in [-0.4, -0.2) is 35.1 Å². The topological polar surface area (TPSA) is 145 Å². The Kier molecular flexibility index (Phi) is 8.29. The Hall–Kier alpha value is -2.78. The fourth-order valence-electron chi connectivity index (χ4n) is 2.50. The summed E-state index contributed by atoms with van der Waals surface area (Å²) in [5.74, 6) is -1.69. The Labute approximate surface area is 166 Å². The summed E-state index contributed by atoms with van der Waals surface area (Å²) in [6.07, 6.45) is 1.83. The second-order valence-electron chi connectivity index (χ2n) is 6.17. The highest BCUT2D eigenvalue weighted by Gasteiger charge is 2.17. The molecule has 29 heavy (non-hydrogen) atoms. The van der Waals surface area contributed by atoms with Crippen LogP contribution in [0.4, 0.5) is 15.8 Å². The summed E-state index contributed by atoms with van der Waals surface area (Å²) in [6.45, 7) is 1.97. The second-order valence-corrected chi connectivity index (χ2v) is 7.20. The van der Waals surface area contributed by atoms with Gasteiger partial charge in [-0.05, 0) is 50.2 Å². The van der Waals surface area contributed by atoms with Gasteiger partial charge in [-0.2, -0.15) is 4.39 Å². The Balaban J connectivity index is 0.000000360. The van der Waals surface area contributed by atoms with E-state index in [4.69, 9.17) is 5.11 Å². The number of piperidine rings is 1. The lowest BCUT2D eigenvalue weighted by Crippen LogP contribution is -2.30. The molecule has 1 saturated heterocycles. The third kappa shape index (κ3) is 6.95. The first-order chi connectivity index (χ1) is 13.8. The van der Waals surface area contributed by atoms with E-state index < -0.39 is 30.4 Å². The van der Waals surface area contributed by atoms with E-state index in [-0.39, 0.29) is 22.7 Å². The minimum Gasteiger partial charge on any atom is -0.591 e. The van der Waals surface area contributed by atoms with E-state index in [1.165, 1.54) is 24.3 Å². The molecule has 1 unspecified atom stereocenters. The van der Waals surface area contributed by atoms with Gasteiger partial charge in [0.2, 0.25) is 5.82 Å². The molecule has 9 nitrogen and oxygen atoms in total. The van der Waals surface area contributed by atoms with Crippen molar-refractivity contribution >= 4 is 30.6 Å². The Morgan fingerprint density at radius 1 is 1.24 bits per heavy atom. The van der Waals surface area contributed by atoms with Crippen molar-refractivity contribution in [3.8, 4) is 0 Å². The summed E-state index contributed by atoms with van der Waals surface area (Å²) in [5, 5.41) is 25.0. The molecule has 11 heteroatoms. The van der Waals surface area contributed by atoms with Crippen molar-refractivity contribution < 1.29 is 28.7 Å². The molecule has 1 aliphatic heterocycles. The van der Waals surface area contributed by atoms with E-state index in [9.17, 15) is 28.8 Å². The summed E-state index contributed by atoms with van der Waals surface area (Å²) in [4.78, 5) is 32.6. The molecular weight excluding hydrogens is 404 g/mol. The number of nitrogens with zero attached hydrogens (tertiary/aromatic N) is 1. The summed E-state index contributed by atoms with van der Waals surface area (Å²) in [6, 6.07) is 8.17. The molecule has 1 amide bonds. The van der Waals surface area contributed by atoms with Gasteiger partial charge in [0.05, 0.1) is 11.0 Å². The van der Waals surface area contributed by atoms with Crippen LogP contribution in [0.1, 0.15) is 23.2 Å². The van der Waals surface area contributed by atoms with Gasteiger partial charge >= 0.3 is 13.7 Å². The van der Waals surface area contributed by atoms with E-state index in [0.717, 1.165) is 44.1 Å². The van der Waals surface area contributed by atoms with Crippen molar-refractivity contribution in [1.82, 2.24) is 5.32 Å². The maximum atomic E-state index is 13.2. The first-order valence-corrected chi connectivity index (χ1v) is 9.84. The lowest BCUT2D eigenvalue weighted by atomic mass is 10.1. The summed E-state index contributed by atoms with van der Waals surface area (Å²) < 4.78 is 24.1. The predicted molar refractivity (Wildman–Crippen MR) is 103 cm³/mol. The minimum absolute atomic E-state index is 0.0232. The first kappa shape index (κ1) is 22.5. The van der Waals surface area contributed by atoms with Crippen LogP contribution >= 0.6 is 8.03 Å². The van der Waals surface area contributed by atoms with Crippen molar-refractivity contribution in [3.63, 3.8) is 0 Å². The first-order valence-electron chi connectivity index (χ1n) is 8.66. The quantitative estimate of drug-likeness (QED) is 0.383. The summed E-state index contributed by atoms with van der Waals surface area (Å²) in [7, 11) is -2.83. The van der Waals surface area contributed by atoms with E-state index in [1.807, 2.05) is 0 Å². The standard InChI is InChI=1S/C13H8FN2O5P.C5H11NO/c14-11-5-4-9(7-12(11)16(18)19)15-13(17)8-2-1-3-10(6-8)22(20)21;7-5-1-3-6-4-2-5/h1-7H,(H,15,17);5-7H,1-4H2. The van der Waals surface area contributed by atoms with Crippen LogP contribution in [0.25, 0.3) is 0 Å². The van der Waals surface area contributed by atoms with Crippen molar-refractivity contribution in [2.24, 2.45) is 0 Å². The van der Waals surface area contributed by atoms with E-state index in [0.29, 0.717) is 0 Å². The molecule has 0 aliphatic carbocycles. The van der Waals surface area contributed by atoms with Crippen LogP contribution in [0.2, 0.25) is 0 Å². The lowest BCUT2D eigenvalue weighted by molar-refractivity contribution is -0.387. The zero-order valence-corrected chi connectivity index (χ0v) is 16.1. The zero-order valence-electron chi connectivity index (χ0n) is 15.2. The van der Waals surface area contributed by atoms with Gasteiger partial charge in [0, 0.05) is 23.4 Å². The SMILES string of the molecule is O=C(Nc1ccc(F)c([N+](=O)[O-])c1)c1cccc([P+](=O)[O-])c1.OC1CCNCC1. The maximum absolute atomic E-state index is 13.2. The average molecular weight is 423 g/mol. The monoisotopic (exact) mass is 423 g/mol. The number of anilines is 1. The van der Waals surface area contributed by atoms with Crippen molar-refractivity contribution in [2.75, 3.05) is 18.4 Å². The Morgan fingerprint density at radius 3 is 2.48 bits per heavy atom. The second kappa shape index (κ2) is 10.7. The number of carbonyl (C=O) groups excluding carboxylic acids is 1. The normalized spacial score (nSPS) is 14.4. The molecule has 3 N–H and O–H groups in total. The fourth-order valence-corrected chi connectivity index (χ4v) is 2.95. The van der Waals surface area contributed by atoms with Gasteiger partial charge in [-0.25, -0.2) is 0 Å². The van der Waals surface area contributed by atoms with E-state index in [1.54, 1.807) is 0 Å². The molecule has 154 valence electrons. The van der Waals surface area contributed by atoms with Gasteiger partial charge in [-0.3, -0.25) is 14.9 Å². The predicted octanol–water partition coefficient (Wildman–Crippen LogP) is 1.44. The molecule has 2 aromatic carbocycles. The summed E-state index contributed by atoms with van der Waals surface area (Å²) in [5.41, 5.74) is -0.687. The number of halogens is 1. The smallest absolute Gasteiger partial charge is 0.348 e. The third-order valence-corrected chi connectivity index (χ3v) is 4.73. The van der Waals surface area contributed by atoms with Crippen LogP contribution < -0.4 is 20.8 Å². The number of amides is 1. The molecule has 0 saturated carbocycles. The molecule has 0 spiro atoms. The molecular formula is C18H19FN3O6P. The van der Waals surface area contributed by atoms with Gasteiger partial charge in [0.1, 0.15) is 0 Å². The van der Waals surface area contributed by atoms with E-state index >= 15 is 0 Å². The Morgan fingerprint density at radius 2 is 1.93 bits per heavy atom. The van der Waals surface area contributed by atoms with Crippen molar-refractivity contribution in [2.45, 2.75) is 18.9 Å². The van der Waals surface area contributed by atoms with Gasteiger partial charge in [0.25, 0.3) is 5.91 Å². The number of nitro benzene ring substituents is 1. The Bertz CT molecular complexity index is 905. The van der Waals surface area contributed by atoms with Crippen molar-refractivity contribution in [3.05, 3.63) is 64.0 Å². The van der Waals surface area contributed by atoms with Gasteiger partial charge in [-0.1, -0.05) is 10.6 Å². The van der Waals surface area contributed by atoms with Gasteiger partial charge in [-0.15, -0.1) is 0 Å². The molecule has 0 bridgehead atoms. The van der Waals surface area contributed by atoms with Crippen molar-refractivity contribution in [1.29, 1.82) is 0 Å². The third-order valence-electron chi connectivity index (χ3n) is 4.03. The molecule has 1 heterocycles. The highest BCUT2D eigenvalue weighted by atomic mass is 31.1. The number of nitro groups is 1. The highest BCUT2D eigenvalue weighted by Crippen LogP contribution is 2.22. The van der Waals surface area contributed by atoms with Crippen LogP contribution in [0, 0.1) is 15.9 Å². The van der Waals surface area contributed by atoms with Crippen LogP contribution in [0.3, 0.4) is 0 Å². The number of rotatable bonds is 4. The maximum Gasteiger partial charge on any atom is 0.348 e. The molecule has 2 aromatic rings. The number of nitrogens with one attached hydrogen (secondary N) is 2. The van der Waals surface area contributed by atoms with Crippen LogP contribution in [-0.2, 0) is 4.57 Å². The molecule has 1 atom stereocenters. The average Bonchev–Trinajstić information content (AvgIpc) is 2.70. The fraction of sp³-hybridized carbons (Fsp3) is 0.278. The molecule has 1 fully saturated rings. The lowest BCUT2D eigenvalue weighted by Gasteiger charge is -2.16. The van der Waals surface area contributed by atoms with Gasteiger partial charge in [0.15, 0.2) is 5.30 Å². The minimum atomic E-state index is -2.83. The van der Waals surface area contributed by atoms with Gasteiger partial charge < -0.3 is 20.6 Å². The molecule has 0 radical (unpaired) electrons. The zero-order chi connectivity index (χ0) is 21.4. The number of benzene rings is 2. The summed E-state index contributed by atoms with van der Waals surface area (Å²) >= 11 is 0. The number of hydrogen-bond acceptors (Lipinski definition) is 7. The number of carbonyl (C=O) groups is 1. The number of hydrogen-bond donors (Lipinski definition) is 3. The number of aliphatic hydroxyl groups excluding tert-OH is 1. The van der Waals surface area contributed by atoms with Crippen LogP contribution in [0.15, 0.2) is 42.5 Å². The van der Waals surface area contributed by atoms with E-state index in [2.05, 4.69) is 10.6 Å². The highest BCUT2D eigenvalue weighted by molar-refractivity contribution is 7.45. The van der Waals surface area contributed by atoms with Crippen LogP contribution in [0.5, 0.6) is 0 Å².